The molecule has 0 amide bonds. The van der Waals surface area contributed by atoms with E-state index in [-0.39, 0.29) is 6.42 Å². The highest BCUT2D eigenvalue weighted by molar-refractivity contribution is 7.46. The number of terminal acetylenes is 1. The number of phosphoric acid groups is 1. The molecule has 0 aliphatic carbocycles. The number of ether oxygens (including phenoxy) is 2. The van der Waals surface area contributed by atoms with E-state index < -0.39 is 32.7 Å². The Labute approximate surface area is 219 Å². The Morgan fingerprint density at radius 1 is 0.757 bits per heavy atom. The molecule has 9 heteroatoms. The Hall–Kier alpha value is -3.59. The largest absolute Gasteiger partial charge is 0.469 e. The molecule has 0 aliphatic rings. The van der Waals surface area contributed by atoms with Gasteiger partial charge in [-0.15, -0.1) is 6.42 Å². The summed E-state index contributed by atoms with van der Waals surface area (Å²) in [6, 6.07) is 0. The average Bonchev–Trinajstić information content (AvgIpc) is 2.84. The molecule has 0 saturated heterocycles. The second-order valence-corrected chi connectivity index (χ2v) is 8.68. The quantitative estimate of drug-likeness (QED) is 0.0784. The molecule has 196 valence electrons. The second-order valence-electron chi connectivity index (χ2n) is 7.44. The Morgan fingerprint density at radius 3 is 1.76 bits per heavy atom. The van der Waals surface area contributed by atoms with Crippen molar-refractivity contribution in [3.63, 3.8) is 0 Å². The molecule has 1 atom stereocenters. The van der Waals surface area contributed by atoms with Gasteiger partial charge in [0.15, 0.2) is 0 Å². The fourth-order valence-electron chi connectivity index (χ4n) is 2.70. The molecule has 0 aliphatic heterocycles. The molecule has 0 bridgehead atoms. The van der Waals surface area contributed by atoms with Crippen LogP contribution in [0.3, 0.4) is 0 Å². The molecule has 0 radical (unpaired) electrons. The monoisotopic (exact) mass is 526 g/mol. The van der Waals surface area contributed by atoms with Crippen LogP contribution in [0.25, 0.3) is 0 Å². The molecule has 2 N–H and O–H groups in total. The van der Waals surface area contributed by atoms with Crippen molar-refractivity contribution in [3.8, 4) is 71.5 Å². The number of hydrogen-bond donors (Lipinski definition) is 2. The van der Waals surface area contributed by atoms with Crippen LogP contribution in [0.15, 0.2) is 0 Å². The number of esters is 2. The molecule has 0 aromatic rings. The zero-order chi connectivity index (χ0) is 27.6. The lowest BCUT2D eigenvalue weighted by atomic mass is 10.1. The lowest BCUT2D eigenvalue weighted by Crippen LogP contribution is -2.28. The van der Waals surface area contributed by atoms with Crippen molar-refractivity contribution in [1.29, 1.82) is 0 Å². The van der Waals surface area contributed by atoms with Gasteiger partial charge in [0.1, 0.15) is 6.61 Å². The molecule has 0 spiro atoms. The van der Waals surface area contributed by atoms with E-state index in [1.54, 1.807) is 0 Å². The summed E-state index contributed by atoms with van der Waals surface area (Å²) in [7, 11) is -4.88. The summed E-state index contributed by atoms with van der Waals surface area (Å²) in [5.41, 5.74) is 0. The number of phosphoric ester groups is 1. The summed E-state index contributed by atoms with van der Waals surface area (Å²) in [6.45, 7) is 1.32. The molecule has 8 nitrogen and oxygen atoms in total. The van der Waals surface area contributed by atoms with Gasteiger partial charge in [-0.3, -0.25) is 9.32 Å². The van der Waals surface area contributed by atoms with Gasteiger partial charge in [0, 0.05) is 12.3 Å². The normalized spacial score (nSPS) is 10.0. The Balaban J connectivity index is 4.56. The molecule has 0 fully saturated rings. The molecule has 0 rings (SSSR count). The van der Waals surface area contributed by atoms with E-state index in [9.17, 15) is 14.2 Å². The van der Waals surface area contributed by atoms with Gasteiger partial charge in [0.2, 0.25) is 0 Å². The first-order valence-electron chi connectivity index (χ1n) is 11.8. The fraction of sp³-hybridized carbons (Fsp3) is 0.500. The topological polar surface area (TPSA) is 119 Å². The minimum absolute atomic E-state index is 0.0630. The third-order valence-corrected chi connectivity index (χ3v) is 4.84. The van der Waals surface area contributed by atoms with E-state index in [2.05, 4.69) is 70.7 Å². The summed E-state index contributed by atoms with van der Waals surface area (Å²) in [5, 5.41) is 0. The van der Waals surface area contributed by atoms with Crippen LogP contribution in [-0.2, 0) is 28.2 Å². The Bertz CT molecular complexity index is 1120. The average molecular weight is 527 g/mol. The first kappa shape index (κ1) is 33.4. The van der Waals surface area contributed by atoms with E-state index in [0.29, 0.717) is 6.42 Å². The van der Waals surface area contributed by atoms with Gasteiger partial charge in [-0.2, -0.15) is 0 Å². The number of carbonyl (C=O) groups excluding carboxylic acids is 2. The Kier molecular flexibility index (Phi) is 20.6. The van der Waals surface area contributed by atoms with Crippen LogP contribution < -0.4 is 0 Å². The highest BCUT2D eigenvalue weighted by Gasteiger charge is 2.24. The van der Waals surface area contributed by atoms with Crippen LogP contribution in [0, 0.1) is 71.5 Å². The van der Waals surface area contributed by atoms with Crippen molar-refractivity contribution < 1.29 is 37.9 Å². The third-order valence-electron chi connectivity index (χ3n) is 4.35. The van der Waals surface area contributed by atoms with Gasteiger partial charge in [-0.25, -0.2) is 9.36 Å². The molecule has 1 unspecified atom stereocenters. The smallest absolute Gasteiger partial charge is 0.422 e. The summed E-state index contributed by atoms with van der Waals surface area (Å²) in [6.07, 6.45) is 14.2. The molecule has 0 aromatic carbocycles. The first-order valence-corrected chi connectivity index (χ1v) is 13.4. The number of carbonyl (C=O) groups is 2. The number of hydrogen-bond acceptors (Lipinski definition) is 6. The third kappa shape index (κ3) is 25.3. The minimum atomic E-state index is -4.88. The maximum Gasteiger partial charge on any atom is 0.469 e. The predicted molar refractivity (Wildman–Crippen MR) is 138 cm³/mol. The highest BCUT2D eigenvalue weighted by Crippen LogP contribution is 2.36. The van der Waals surface area contributed by atoms with Crippen LogP contribution in [0.4, 0.5) is 0 Å². The van der Waals surface area contributed by atoms with E-state index in [0.717, 1.165) is 19.3 Å². The summed E-state index contributed by atoms with van der Waals surface area (Å²) in [5.74, 6) is 23.1. The van der Waals surface area contributed by atoms with Gasteiger partial charge in [0.05, 0.1) is 0 Å². The van der Waals surface area contributed by atoms with Crippen molar-refractivity contribution in [3.05, 3.63) is 0 Å². The molecule has 0 saturated carbocycles. The lowest BCUT2D eigenvalue weighted by Gasteiger charge is -2.17. The molecule has 0 aromatic heterocycles. The molecular weight excluding hydrogens is 495 g/mol. The van der Waals surface area contributed by atoms with E-state index in [4.69, 9.17) is 25.7 Å². The lowest BCUT2D eigenvalue weighted by molar-refractivity contribution is -0.189. The van der Waals surface area contributed by atoms with Crippen molar-refractivity contribution in [2.45, 2.75) is 83.8 Å². The second kappa shape index (κ2) is 22.8. The zero-order valence-corrected chi connectivity index (χ0v) is 21.8. The Morgan fingerprint density at radius 2 is 1.24 bits per heavy atom. The summed E-state index contributed by atoms with van der Waals surface area (Å²) >= 11 is 0. The van der Waals surface area contributed by atoms with Crippen molar-refractivity contribution in [2.24, 2.45) is 0 Å². The fourth-order valence-corrected chi connectivity index (χ4v) is 3.01. The van der Waals surface area contributed by atoms with E-state index >= 15 is 0 Å². The molecule has 37 heavy (non-hydrogen) atoms. The van der Waals surface area contributed by atoms with Crippen LogP contribution in [0.5, 0.6) is 0 Å². The first-order chi connectivity index (χ1) is 17.8. The predicted octanol–water partition coefficient (Wildman–Crippen LogP) is 3.47. The SMILES string of the molecule is C#CC#CC#CC#CC#CC#CC(=O)OC(COP(=O)(O)O)OC(=O)CCCCCCCCCCCC. The van der Waals surface area contributed by atoms with Gasteiger partial charge >= 0.3 is 19.8 Å². The van der Waals surface area contributed by atoms with Gasteiger partial charge in [0.25, 0.3) is 6.29 Å². The van der Waals surface area contributed by atoms with Crippen molar-refractivity contribution in [1.82, 2.24) is 0 Å². The van der Waals surface area contributed by atoms with Crippen molar-refractivity contribution >= 4 is 19.8 Å². The maximum atomic E-state index is 12.1. The molecular formula is C28H31O8P. The van der Waals surface area contributed by atoms with Crippen molar-refractivity contribution in [2.75, 3.05) is 6.61 Å². The summed E-state index contributed by atoms with van der Waals surface area (Å²) < 4.78 is 25.0. The maximum absolute atomic E-state index is 12.1. The van der Waals surface area contributed by atoms with Gasteiger partial charge in [-0.1, -0.05) is 64.7 Å². The van der Waals surface area contributed by atoms with Crippen LogP contribution in [0.2, 0.25) is 0 Å². The van der Waals surface area contributed by atoms with E-state index in [1.807, 2.05) is 5.92 Å². The van der Waals surface area contributed by atoms with Gasteiger partial charge in [-0.05, 0) is 65.6 Å². The standard InChI is InChI=1S/C28H31O8P/c1-3-5-7-9-11-13-15-17-19-21-23-26(29)35-28(25-34-37(31,32)33)36-27(30)24-22-20-18-16-14-12-10-8-6-4-2/h1,28H,4,6,8,10,12,14,16,18,20,22,24-25H2,2H3,(H2,31,32,33). The van der Waals surface area contributed by atoms with E-state index in [1.165, 1.54) is 38.5 Å². The van der Waals surface area contributed by atoms with Crippen LogP contribution in [0.1, 0.15) is 77.6 Å². The zero-order valence-electron chi connectivity index (χ0n) is 20.9. The number of rotatable bonds is 16. The highest BCUT2D eigenvalue weighted by atomic mass is 31.2. The number of unbranched alkanes of at least 4 members (excludes halogenated alkanes) is 9. The van der Waals surface area contributed by atoms with Crippen LogP contribution in [-0.4, -0.2) is 34.6 Å². The summed E-state index contributed by atoms with van der Waals surface area (Å²) in [4.78, 5) is 41.7. The van der Waals surface area contributed by atoms with Gasteiger partial charge < -0.3 is 19.3 Å². The molecule has 0 heterocycles. The minimum Gasteiger partial charge on any atom is -0.422 e. The van der Waals surface area contributed by atoms with Crippen LogP contribution >= 0.6 is 7.82 Å².